The summed E-state index contributed by atoms with van der Waals surface area (Å²) in [6.07, 6.45) is 6.54. The van der Waals surface area contributed by atoms with Crippen molar-refractivity contribution in [2.45, 2.75) is 13.3 Å². The third-order valence-electron chi connectivity index (χ3n) is 3.98. The van der Waals surface area contributed by atoms with Crippen molar-refractivity contribution in [3.8, 4) is 10.6 Å². The number of benzene rings is 1. The van der Waals surface area contributed by atoms with Gasteiger partial charge in [0.2, 0.25) is 0 Å². The first kappa shape index (κ1) is 17.7. The number of rotatable bonds is 5. The molecule has 1 aliphatic rings. The minimum atomic E-state index is -0.197. The summed E-state index contributed by atoms with van der Waals surface area (Å²) >= 11 is 7.53. The van der Waals surface area contributed by atoms with Gasteiger partial charge >= 0.3 is 5.97 Å². The number of ether oxygens (including phenoxy) is 1. The quantitative estimate of drug-likeness (QED) is 0.696. The Morgan fingerprint density at radius 1 is 1.40 bits per heavy atom. The fraction of sp³-hybridized carbons (Fsp3) is 0.263. The molecule has 0 aliphatic heterocycles. The number of halogens is 1. The van der Waals surface area contributed by atoms with E-state index in [2.05, 4.69) is 0 Å². The van der Waals surface area contributed by atoms with Crippen molar-refractivity contribution < 1.29 is 9.53 Å². The van der Waals surface area contributed by atoms with Crippen LogP contribution in [0.25, 0.3) is 10.6 Å². The predicted octanol–water partition coefficient (Wildman–Crippen LogP) is 4.92. The van der Waals surface area contributed by atoms with E-state index in [1.54, 1.807) is 11.3 Å². The highest BCUT2D eigenvalue weighted by Crippen LogP contribution is 2.30. The summed E-state index contributed by atoms with van der Waals surface area (Å²) in [7, 11) is 1.97. The van der Waals surface area contributed by atoms with Crippen LogP contribution in [0.4, 0.5) is 5.82 Å². The molecule has 1 aromatic carbocycles. The average Bonchev–Trinajstić information content (AvgIpc) is 3.12. The van der Waals surface area contributed by atoms with Gasteiger partial charge in [-0.05, 0) is 31.6 Å². The lowest BCUT2D eigenvalue weighted by atomic mass is 9.99. The van der Waals surface area contributed by atoms with E-state index in [9.17, 15) is 4.79 Å². The van der Waals surface area contributed by atoms with Gasteiger partial charge in [0.1, 0.15) is 10.8 Å². The summed E-state index contributed by atoms with van der Waals surface area (Å²) in [5.74, 6) is 0.507. The van der Waals surface area contributed by atoms with Gasteiger partial charge in [0.15, 0.2) is 0 Å². The highest BCUT2D eigenvalue weighted by molar-refractivity contribution is 7.13. The van der Waals surface area contributed by atoms with E-state index in [1.807, 2.05) is 66.7 Å². The van der Waals surface area contributed by atoms with Gasteiger partial charge < -0.3 is 9.64 Å². The van der Waals surface area contributed by atoms with Crippen LogP contribution < -0.4 is 4.90 Å². The number of nitrogens with zero attached hydrogens (tertiary/aromatic N) is 2. The average molecular weight is 375 g/mol. The SMILES string of the molecule is CCOC(=O)C1C=CC(N(C)c2csc(-c3ccc(Cl)cc3)n2)=CC1. The predicted molar refractivity (Wildman–Crippen MR) is 103 cm³/mol. The van der Waals surface area contributed by atoms with Gasteiger partial charge in [-0.3, -0.25) is 4.79 Å². The number of thiazole rings is 1. The lowest BCUT2D eigenvalue weighted by Crippen LogP contribution is -2.21. The van der Waals surface area contributed by atoms with E-state index in [4.69, 9.17) is 21.3 Å². The molecule has 0 saturated carbocycles. The standard InChI is InChI=1S/C19H19ClN2O2S/c1-3-24-19(23)14-6-10-16(11-7-14)22(2)17-12-25-18(21-17)13-4-8-15(20)9-5-13/h4-6,8-12,14H,3,7H2,1-2H3. The summed E-state index contributed by atoms with van der Waals surface area (Å²) in [4.78, 5) is 18.5. The number of carbonyl (C=O) groups excluding carboxylic acids is 1. The monoisotopic (exact) mass is 374 g/mol. The fourth-order valence-corrected chi connectivity index (χ4v) is 3.53. The third-order valence-corrected chi connectivity index (χ3v) is 5.11. The third kappa shape index (κ3) is 4.11. The molecule has 1 unspecified atom stereocenters. The van der Waals surface area contributed by atoms with Crippen molar-refractivity contribution in [1.82, 2.24) is 4.98 Å². The van der Waals surface area contributed by atoms with Crippen molar-refractivity contribution in [3.05, 3.63) is 58.6 Å². The molecule has 0 saturated heterocycles. The van der Waals surface area contributed by atoms with Gasteiger partial charge in [-0.25, -0.2) is 4.98 Å². The molecule has 0 amide bonds. The Morgan fingerprint density at radius 2 is 2.16 bits per heavy atom. The first-order chi connectivity index (χ1) is 12.1. The first-order valence-electron chi connectivity index (χ1n) is 8.08. The Morgan fingerprint density at radius 3 is 2.80 bits per heavy atom. The smallest absolute Gasteiger partial charge is 0.313 e. The van der Waals surface area contributed by atoms with Gasteiger partial charge in [-0.2, -0.15) is 0 Å². The van der Waals surface area contributed by atoms with Crippen molar-refractivity contribution in [3.63, 3.8) is 0 Å². The zero-order valence-electron chi connectivity index (χ0n) is 14.1. The Labute approximate surface area is 156 Å². The van der Waals surface area contributed by atoms with Gasteiger partial charge in [-0.1, -0.05) is 35.9 Å². The molecule has 4 nitrogen and oxygen atoms in total. The number of aromatic nitrogens is 1. The van der Waals surface area contributed by atoms with Gasteiger partial charge in [0, 0.05) is 28.7 Å². The molecule has 0 bridgehead atoms. The molecule has 6 heteroatoms. The zero-order chi connectivity index (χ0) is 17.8. The lowest BCUT2D eigenvalue weighted by Gasteiger charge is -2.22. The molecular weight excluding hydrogens is 356 g/mol. The number of allylic oxidation sites excluding steroid dienone is 2. The van der Waals surface area contributed by atoms with Crippen LogP contribution in [0.15, 0.2) is 53.6 Å². The molecule has 0 radical (unpaired) electrons. The fourth-order valence-electron chi connectivity index (χ4n) is 2.56. The zero-order valence-corrected chi connectivity index (χ0v) is 15.7. The highest BCUT2D eigenvalue weighted by Gasteiger charge is 2.20. The number of hydrogen-bond acceptors (Lipinski definition) is 5. The minimum absolute atomic E-state index is 0.171. The number of hydrogen-bond donors (Lipinski definition) is 0. The van der Waals surface area contributed by atoms with E-state index < -0.39 is 0 Å². The van der Waals surface area contributed by atoms with E-state index >= 15 is 0 Å². The Kier molecular flexibility index (Phi) is 5.56. The minimum Gasteiger partial charge on any atom is -0.466 e. The summed E-state index contributed by atoms with van der Waals surface area (Å²) < 4.78 is 5.07. The van der Waals surface area contributed by atoms with E-state index in [1.165, 1.54) is 0 Å². The summed E-state index contributed by atoms with van der Waals surface area (Å²) in [5.41, 5.74) is 2.07. The van der Waals surface area contributed by atoms with Crippen LogP contribution in [0.5, 0.6) is 0 Å². The Hall–Kier alpha value is -2.11. The second-order valence-corrected chi connectivity index (χ2v) is 6.95. The summed E-state index contributed by atoms with van der Waals surface area (Å²) in [6, 6.07) is 7.66. The molecule has 0 fully saturated rings. The van der Waals surface area contributed by atoms with Gasteiger partial charge in [0.25, 0.3) is 0 Å². The van der Waals surface area contributed by atoms with Crippen molar-refractivity contribution >= 4 is 34.7 Å². The molecule has 25 heavy (non-hydrogen) atoms. The Balaban J connectivity index is 1.70. The molecule has 3 rings (SSSR count). The topological polar surface area (TPSA) is 42.4 Å². The van der Waals surface area contributed by atoms with E-state index in [-0.39, 0.29) is 11.9 Å². The molecule has 0 N–H and O–H groups in total. The van der Waals surface area contributed by atoms with Crippen LogP contribution in [-0.2, 0) is 9.53 Å². The van der Waals surface area contributed by atoms with E-state index in [0.717, 1.165) is 22.1 Å². The highest BCUT2D eigenvalue weighted by atomic mass is 35.5. The molecule has 2 aromatic rings. The second-order valence-electron chi connectivity index (χ2n) is 5.66. The normalized spacial score (nSPS) is 16.4. The van der Waals surface area contributed by atoms with Gasteiger partial charge in [-0.15, -0.1) is 11.3 Å². The molecule has 1 heterocycles. The largest absolute Gasteiger partial charge is 0.466 e. The summed E-state index contributed by atoms with van der Waals surface area (Å²) in [6.45, 7) is 2.23. The first-order valence-corrected chi connectivity index (χ1v) is 9.34. The van der Waals surface area contributed by atoms with Gasteiger partial charge in [0.05, 0.1) is 12.5 Å². The summed E-state index contributed by atoms with van der Waals surface area (Å²) in [5, 5.41) is 3.69. The van der Waals surface area contributed by atoms with Crippen molar-refractivity contribution in [2.75, 3.05) is 18.6 Å². The maximum absolute atomic E-state index is 11.8. The van der Waals surface area contributed by atoms with Crippen LogP contribution in [0, 0.1) is 5.92 Å². The van der Waals surface area contributed by atoms with Crippen LogP contribution in [0.3, 0.4) is 0 Å². The number of carbonyl (C=O) groups is 1. The molecular formula is C19H19ClN2O2S. The number of esters is 1. The molecule has 130 valence electrons. The van der Waals surface area contributed by atoms with Crippen molar-refractivity contribution in [1.29, 1.82) is 0 Å². The van der Waals surface area contributed by atoms with E-state index in [0.29, 0.717) is 18.1 Å². The number of anilines is 1. The van der Waals surface area contributed by atoms with Crippen LogP contribution in [0.2, 0.25) is 5.02 Å². The number of likely N-dealkylation sites (N-methyl/N-ethyl adjacent to an activating group) is 1. The van der Waals surface area contributed by atoms with Crippen LogP contribution in [0.1, 0.15) is 13.3 Å². The molecule has 1 aliphatic carbocycles. The second kappa shape index (κ2) is 7.85. The van der Waals surface area contributed by atoms with Crippen molar-refractivity contribution in [2.24, 2.45) is 5.92 Å². The maximum atomic E-state index is 11.8. The molecule has 1 atom stereocenters. The Bertz CT molecular complexity index is 811. The molecule has 0 spiro atoms. The maximum Gasteiger partial charge on any atom is 0.313 e. The molecule has 1 aromatic heterocycles. The lowest BCUT2D eigenvalue weighted by molar-refractivity contribution is -0.146. The van der Waals surface area contributed by atoms with Crippen LogP contribution >= 0.6 is 22.9 Å². The van der Waals surface area contributed by atoms with Crippen LogP contribution in [-0.4, -0.2) is 24.6 Å².